The summed E-state index contributed by atoms with van der Waals surface area (Å²) in [4.78, 5) is 14.8. The minimum Gasteiger partial charge on any atom is -0.452 e. The Kier molecular flexibility index (Phi) is 6.29. The van der Waals surface area contributed by atoms with Crippen molar-refractivity contribution in [3.05, 3.63) is 35.5 Å². The van der Waals surface area contributed by atoms with Crippen LogP contribution in [0.5, 0.6) is 0 Å². The van der Waals surface area contributed by atoms with Crippen molar-refractivity contribution in [2.24, 2.45) is 5.41 Å². The molecule has 1 aliphatic heterocycles. The average molecular weight is 439 g/mol. The molecule has 0 amide bonds. The molecule has 4 rings (SSSR count). The topological polar surface area (TPSA) is 109 Å². The summed E-state index contributed by atoms with van der Waals surface area (Å²) in [5, 5.41) is 1.28. The van der Waals surface area contributed by atoms with Crippen molar-refractivity contribution in [1.29, 1.82) is 0 Å². The second kappa shape index (κ2) is 8.30. The van der Waals surface area contributed by atoms with Crippen molar-refractivity contribution >= 4 is 27.4 Å². The van der Waals surface area contributed by atoms with Crippen molar-refractivity contribution in [2.75, 3.05) is 20.7 Å². The molecule has 1 aliphatic carbocycles. The molecule has 30 heavy (non-hydrogen) atoms. The highest BCUT2D eigenvalue weighted by Crippen LogP contribution is 2.50. The summed E-state index contributed by atoms with van der Waals surface area (Å²) in [5.74, 6) is 0.545. The largest absolute Gasteiger partial charge is 0.452 e. The van der Waals surface area contributed by atoms with Gasteiger partial charge in [-0.2, -0.15) is 8.42 Å². The molecule has 1 aromatic heterocycles. The number of methoxy groups -OCH3 is 1. The number of benzene rings is 1. The first kappa shape index (κ1) is 22.7. The maximum absolute atomic E-state index is 12.2. The van der Waals surface area contributed by atoms with Gasteiger partial charge >= 0.3 is 16.5 Å². The highest BCUT2D eigenvalue weighted by Gasteiger charge is 2.45. The molecule has 0 saturated carbocycles. The predicted molar refractivity (Wildman–Crippen MR) is 114 cm³/mol. The number of carbonyl (C=O) groups excluding carboxylic acids is 1. The maximum Gasteiger partial charge on any atom is 0.418 e. The van der Waals surface area contributed by atoms with E-state index in [1.54, 1.807) is 4.57 Å². The zero-order chi connectivity index (χ0) is 22.3. The smallest absolute Gasteiger partial charge is 0.418 e. The molecule has 8 nitrogen and oxygen atoms in total. The van der Waals surface area contributed by atoms with Gasteiger partial charge in [-0.1, -0.05) is 26.0 Å². The predicted octanol–water partition coefficient (Wildman–Crippen LogP) is 3.75. The zero-order valence-electron chi connectivity index (χ0n) is 17.8. The molecule has 1 fully saturated rings. The van der Waals surface area contributed by atoms with Gasteiger partial charge in [-0.25, -0.2) is 4.79 Å². The van der Waals surface area contributed by atoms with Gasteiger partial charge in [-0.3, -0.25) is 13.7 Å². The van der Waals surface area contributed by atoms with E-state index >= 15 is 0 Å². The minimum atomic E-state index is -4.67. The third kappa shape index (κ3) is 4.25. The minimum absolute atomic E-state index is 0.303. The number of carbonyl (C=O) groups is 1. The number of hydrogen-bond donors (Lipinski definition) is 2. The molecule has 1 aromatic carbocycles. The van der Waals surface area contributed by atoms with E-state index in [4.69, 9.17) is 22.3 Å². The molecule has 0 spiro atoms. The summed E-state index contributed by atoms with van der Waals surface area (Å²) in [6.45, 7) is 5.84. The summed E-state index contributed by atoms with van der Waals surface area (Å²) in [5.41, 5.74) is 4.10. The Hall–Kier alpha value is -1.94. The third-order valence-corrected chi connectivity index (χ3v) is 6.91. The number of likely N-dealkylation sites (tertiary alicyclic amines) is 1. The van der Waals surface area contributed by atoms with Crippen LogP contribution in [0.3, 0.4) is 0 Å². The van der Waals surface area contributed by atoms with Gasteiger partial charge < -0.3 is 9.64 Å². The Morgan fingerprint density at radius 1 is 1.27 bits per heavy atom. The first-order valence-electron chi connectivity index (χ1n) is 10.1. The molecule has 0 unspecified atom stereocenters. The van der Waals surface area contributed by atoms with Crippen molar-refractivity contribution in [3.8, 4) is 0 Å². The van der Waals surface area contributed by atoms with E-state index in [1.807, 2.05) is 12.3 Å². The Labute approximate surface area is 177 Å². The van der Waals surface area contributed by atoms with Crippen LogP contribution in [0.4, 0.5) is 4.79 Å². The van der Waals surface area contributed by atoms with E-state index in [0.29, 0.717) is 17.4 Å². The average Bonchev–Trinajstić information content (AvgIpc) is 3.07. The van der Waals surface area contributed by atoms with Crippen molar-refractivity contribution < 1.29 is 27.1 Å². The van der Waals surface area contributed by atoms with E-state index < -0.39 is 10.4 Å². The first-order chi connectivity index (χ1) is 14.0. The van der Waals surface area contributed by atoms with Crippen LogP contribution in [0.2, 0.25) is 0 Å². The number of hydrogen-bond acceptors (Lipinski definition) is 5. The van der Waals surface area contributed by atoms with Gasteiger partial charge in [-0.05, 0) is 55.3 Å². The van der Waals surface area contributed by atoms with Gasteiger partial charge in [0.2, 0.25) is 0 Å². The summed E-state index contributed by atoms with van der Waals surface area (Å²) in [6.07, 6.45) is 6.40. The molecular weight excluding hydrogens is 408 g/mol. The number of fused-ring (bicyclic) bond motifs is 2. The van der Waals surface area contributed by atoms with Crippen molar-refractivity contribution in [1.82, 2.24) is 9.47 Å². The molecule has 2 heterocycles. The molecule has 2 aromatic rings. The van der Waals surface area contributed by atoms with Crippen LogP contribution >= 0.6 is 0 Å². The Bertz CT molecular complexity index is 1030. The van der Waals surface area contributed by atoms with E-state index in [2.05, 4.69) is 37.9 Å². The standard InChI is InChI=1S/C21H28N2O2.H2O4S/c1-5-21(6-2)11-16-15-8-7-9-17-19(15)14(10-18(16)22(3)13-21)12-23(17)20(24)25-4;1-5(2,3)4/h7-9,12,16,18H,5-6,10-11,13H2,1-4H3;(H2,1,2,3,4)/t16-,18-;/m1./s1. The fourth-order valence-electron chi connectivity index (χ4n) is 5.33. The highest BCUT2D eigenvalue weighted by molar-refractivity contribution is 7.79. The van der Waals surface area contributed by atoms with Gasteiger partial charge in [0, 0.05) is 30.1 Å². The number of nitrogens with zero attached hydrogens (tertiary/aromatic N) is 2. The fourth-order valence-corrected chi connectivity index (χ4v) is 5.33. The molecule has 9 heteroatoms. The Morgan fingerprint density at radius 3 is 2.47 bits per heavy atom. The Morgan fingerprint density at radius 2 is 1.90 bits per heavy atom. The van der Waals surface area contributed by atoms with Crippen LogP contribution in [0.1, 0.15) is 50.2 Å². The van der Waals surface area contributed by atoms with Crippen LogP contribution in [0, 0.1) is 5.41 Å². The third-order valence-electron chi connectivity index (χ3n) is 6.91. The van der Waals surface area contributed by atoms with Crippen LogP contribution in [-0.2, 0) is 21.6 Å². The van der Waals surface area contributed by atoms with Crippen LogP contribution < -0.4 is 0 Å². The highest BCUT2D eigenvalue weighted by atomic mass is 32.3. The number of rotatable bonds is 2. The summed E-state index contributed by atoms with van der Waals surface area (Å²) in [7, 11) is -0.943. The molecule has 2 aliphatic rings. The number of likely N-dealkylation sites (N-methyl/N-ethyl adjacent to an activating group) is 1. The van der Waals surface area contributed by atoms with E-state index in [-0.39, 0.29) is 6.09 Å². The lowest BCUT2D eigenvalue weighted by molar-refractivity contribution is 0.0355. The first-order valence-corrected chi connectivity index (χ1v) is 11.5. The van der Waals surface area contributed by atoms with Gasteiger partial charge in [0.05, 0.1) is 12.6 Å². The molecule has 1 saturated heterocycles. The van der Waals surface area contributed by atoms with E-state index in [1.165, 1.54) is 49.4 Å². The van der Waals surface area contributed by atoms with Crippen LogP contribution in [0.25, 0.3) is 10.9 Å². The van der Waals surface area contributed by atoms with Gasteiger partial charge in [0.1, 0.15) is 0 Å². The van der Waals surface area contributed by atoms with Gasteiger partial charge in [-0.15, -0.1) is 0 Å². The summed E-state index contributed by atoms with van der Waals surface area (Å²) < 4.78 is 38.2. The molecule has 0 bridgehead atoms. The van der Waals surface area contributed by atoms with Crippen LogP contribution in [0.15, 0.2) is 24.4 Å². The maximum atomic E-state index is 12.2. The van der Waals surface area contributed by atoms with Gasteiger partial charge in [0.15, 0.2) is 0 Å². The van der Waals surface area contributed by atoms with E-state index in [9.17, 15) is 4.79 Å². The monoisotopic (exact) mass is 438 g/mol. The molecule has 0 radical (unpaired) electrons. The van der Waals surface area contributed by atoms with Crippen molar-refractivity contribution in [3.63, 3.8) is 0 Å². The quantitative estimate of drug-likeness (QED) is 0.687. The number of ether oxygens (including phenoxy) is 1. The summed E-state index contributed by atoms with van der Waals surface area (Å²) in [6, 6.07) is 6.94. The van der Waals surface area contributed by atoms with E-state index in [0.717, 1.165) is 11.9 Å². The van der Waals surface area contributed by atoms with Gasteiger partial charge in [0.25, 0.3) is 0 Å². The normalized spacial score (nSPS) is 22.7. The SMILES string of the molecule is CCC1(CC)C[C@@H]2c3cccc4c3c(cn4C(=O)OC)C[C@H]2N(C)C1.O=S(=O)(O)O. The molecule has 2 atom stereocenters. The van der Waals surface area contributed by atoms with Crippen molar-refractivity contribution in [2.45, 2.75) is 51.5 Å². The summed E-state index contributed by atoms with van der Waals surface area (Å²) >= 11 is 0. The Balaban J connectivity index is 0.000000461. The lowest BCUT2D eigenvalue weighted by atomic mass is 9.64. The molecule has 2 N–H and O–H groups in total. The zero-order valence-corrected chi connectivity index (χ0v) is 18.6. The molecular formula is C21H30N2O6S. The van der Waals surface area contributed by atoms with Crippen LogP contribution in [-0.4, -0.2) is 59.8 Å². The second-order valence-corrected chi connectivity index (χ2v) is 9.28. The number of aromatic nitrogens is 1. The fraction of sp³-hybridized carbons (Fsp3) is 0.571. The lowest BCUT2D eigenvalue weighted by Crippen LogP contribution is -2.52. The number of piperidine rings is 1. The molecule has 166 valence electrons. The lowest BCUT2D eigenvalue weighted by Gasteiger charge is -2.51. The second-order valence-electron chi connectivity index (χ2n) is 8.39.